The van der Waals surface area contributed by atoms with Crippen molar-refractivity contribution >= 4 is 29.3 Å². The quantitative estimate of drug-likeness (QED) is 0.877. The number of urea groups is 1. The minimum Gasteiger partial charge on any atom is -0.481 e. The van der Waals surface area contributed by atoms with Crippen molar-refractivity contribution in [2.75, 3.05) is 18.4 Å². The van der Waals surface area contributed by atoms with Crippen LogP contribution < -0.4 is 5.32 Å². The lowest BCUT2D eigenvalue weighted by molar-refractivity contribution is -0.141. The molecule has 7 heteroatoms. The molecule has 1 heterocycles. The third kappa shape index (κ3) is 2.96. The van der Waals surface area contributed by atoms with E-state index in [2.05, 4.69) is 5.32 Å². The number of hydrogen-bond donors (Lipinski definition) is 2. The number of halogens is 2. The number of amides is 2. The van der Waals surface area contributed by atoms with Crippen LogP contribution in [0.2, 0.25) is 5.02 Å². The van der Waals surface area contributed by atoms with Gasteiger partial charge < -0.3 is 15.3 Å². The van der Waals surface area contributed by atoms with Crippen LogP contribution in [0.25, 0.3) is 0 Å². The Morgan fingerprint density at radius 3 is 2.84 bits per heavy atom. The minimum absolute atomic E-state index is 0.0173. The van der Waals surface area contributed by atoms with E-state index < -0.39 is 23.7 Å². The van der Waals surface area contributed by atoms with Crippen molar-refractivity contribution in [3.8, 4) is 0 Å². The summed E-state index contributed by atoms with van der Waals surface area (Å²) < 4.78 is 13.6. The average molecular weight is 287 g/mol. The summed E-state index contributed by atoms with van der Waals surface area (Å²) in [6.07, 6.45) is 0.404. The number of hydrogen-bond acceptors (Lipinski definition) is 2. The van der Waals surface area contributed by atoms with Gasteiger partial charge in [-0.05, 0) is 18.6 Å². The summed E-state index contributed by atoms with van der Waals surface area (Å²) in [6, 6.07) is 3.77. The van der Waals surface area contributed by atoms with Gasteiger partial charge in [-0.3, -0.25) is 4.79 Å². The SMILES string of the molecule is O=C(O)C1CCN(C(=O)Nc2cccc(Cl)c2F)C1. The highest BCUT2D eigenvalue weighted by Gasteiger charge is 2.31. The zero-order chi connectivity index (χ0) is 14.0. The third-order valence-corrected chi connectivity index (χ3v) is 3.31. The Morgan fingerprint density at radius 2 is 2.21 bits per heavy atom. The Balaban J connectivity index is 2.02. The van der Waals surface area contributed by atoms with Crippen LogP contribution >= 0.6 is 11.6 Å². The second-order valence-corrected chi connectivity index (χ2v) is 4.71. The van der Waals surface area contributed by atoms with Crippen LogP contribution in [0.5, 0.6) is 0 Å². The number of carbonyl (C=O) groups is 2. The van der Waals surface area contributed by atoms with E-state index in [-0.39, 0.29) is 17.3 Å². The number of aliphatic carboxylic acids is 1. The zero-order valence-corrected chi connectivity index (χ0v) is 10.7. The summed E-state index contributed by atoms with van der Waals surface area (Å²) in [4.78, 5) is 24.0. The van der Waals surface area contributed by atoms with E-state index in [0.29, 0.717) is 13.0 Å². The van der Waals surface area contributed by atoms with Gasteiger partial charge in [-0.2, -0.15) is 0 Å². The number of nitrogens with one attached hydrogen (secondary N) is 1. The second-order valence-electron chi connectivity index (χ2n) is 4.30. The monoisotopic (exact) mass is 286 g/mol. The summed E-state index contributed by atoms with van der Waals surface area (Å²) in [6.45, 7) is 0.467. The van der Waals surface area contributed by atoms with Gasteiger partial charge in [-0.25, -0.2) is 9.18 Å². The summed E-state index contributed by atoms with van der Waals surface area (Å²) in [5.74, 6) is -2.19. The molecular weight excluding hydrogens is 275 g/mol. The summed E-state index contributed by atoms with van der Waals surface area (Å²) >= 11 is 5.60. The van der Waals surface area contributed by atoms with Gasteiger partial charge in [0.05, 0.1) is 16.6 Å². The molecule has 1 atom stereocenters. The van der Waals surface area contributed by atoms with Crippen LogP contribution in [0.15, 0.2) is 18.2 Å². The Hall–Kier alpha value is -1.82. The lowest BCUT2D eigenvalue weighted by Gasteiger charge is -2.17. The number of likely N-dealkylation sites (tertiary alicyclic amines) is 1. The maximum Gasteiger partial charge on any atom is 0.321 e. The van der Waals surface area contributed by atoms with Crippen molar-refractivity contribution in [1.82, 2.24) is 4.90 Å². The molecule has 1 aliphatic rings. The van der Waals surface area contributed by atoms with E-state index in [1.54, 1.807) is 0 Å². The van der Waals surface area contributed by atoms with Crippen molar-refractivity contribution in [2.45, 2.75) is 6.42 Å². The van der Waals surface area contributed by atoms with Gasteiger partial charge >= 0.3 is 12.0 Å². The topological polar surface area (TPSA) is 69.6 Å². The van der Waals surface area contributed by atoms with Gasteiger partial charge in [0, 0.05) is 13.1 Å². The van der Waals surface area contributed by atoms with Crippen LogP contribution in [0.4, 0.5) is 14.9 Å². The average Bonchev–Trinajstić information content (AvgIpc) is 2.84. The van der Waals surface area contributed by atoms with Crippen molar-refractivity contribution in [1.29, 1.82) is 0 Å². The largest absolute Gasteiger partial charge is 0.481 e. The maximum absolute atomic E-state index is 13.6. The van der Waals surface area contributed by atoms with Crippen LogP contribution in [-0.2, 0) is 4.79 Å². The lowest BCUT2D eigenvalue weighted by Crippen LogP contribution is -2.34. The van der Waals surface area contributed by atoms with E-state index in [0.717, 1.165) is 0 Å². The highest BCUT2D eigenvalue weighted by Crippen LogP contribution is 2.23. The normalized spacial score (nSPS) is 18.4. The van der Waals surface area contributed by atoms with E-state index in [1.165, 1.54) is 23.1 Å². The Morgan fingerprint density at radius 1 is 1.47 bits per heavy atom. The molecule has 0 aliphatic carbocycles. The van der Waals surface area contributed by atoms with Crippen molar-refractivity contribution in [3.63, 3.8) is 0 Å². The first-order valence-corrected chi connectivity index (χ1v) is 6.09. The van der Waals surface area contributed by atoms with Gasteiger partial charge in [0.15, 0.2) is 5.82 Å². The number of anilines is 1. The summed E-state index contributed by atoms with van der Waals surface area (Å²) in [5.41, 5.74) is -0.0173. The van der Waals surface area contributed by atoms with Gasteiger partial charge in [-0.1, -0.05) is 17.7 Å². The molecule has 0 radical (unpaired) electrons. The molecule has 2 N–H and O–H groups in total. The molecule has 1 fully saturated rings. The molecule has 19 heavy (non-hydrogen) atoms. The summed E-state index contributed by atoms with van der Waals surface area (Å²) in [7, 11) is 0. The van der Waals surface area contributed by atoms with Gasteiger partial charge in [0.2, 0.25) is 0 Å². The standard InChI is InChI=1S/C12H12ClFN2O3/c13-8-2-1-3-9(10(8)14)15-12(19)16-5-4-7(6-16)11(17)18/h1-3,7H,4-6H2,(H,15,19)(H,17,18). The van der Waals surface area contributed by atoms with Gasteiger partial charge in [0.1, 0.15) is 0 Å². The molecule has 2 rings (SSSR count). The molecule has 5 nitrogen and oxygen atoms in total. The molecule has 0 spiro atoms. The number of carbonyl (C=O) groups excluding carboxylic acids is 1. The Kier molecular flexibility index (Phi) is 3.90. The Labute approximate surface area is 114 Å². The van der Waals surface area contributed by atoms with Crippen molar-refractivity contribution in [2.24, 2.45) is 5.92 Å². The molecule has 1 aromatic rings. The fourth-order valence-corrected chi connectivity index (χ4v) is 2.12. The van der Waals surface area contributed by atoms with E-state index in [1.807, 2.05) is 0 Å². The highest BCUT2D eigenvalue weighted by atomic mass is 35.5. The summed E-state index contributed by atoms with van der Waals surface area (Å²) in [5, 5.41) is 11.2. The fourth-order valence-electron chi connectivity index (χ4n) is 1.94. The van der Waals surface area contributed by atoms with E-state index in [9.17, 15) is 14.0 Å². The highest BCUT2D eigenvalue weighted by molar-refractivity contribution is 6.31. The first-order valence-electron chi connectivity index (χ1n) is 5.72. The molecule has 102 valence electrons. The molecule has 1 aliphatic heterocycles. The van der Waals surface area contributed by atoms with Crippen molar-refractivity contribution < 1.29 is 19.1 Å². The van der Waals surface area contributed by atoms with Crippen LogP contribution in [0.3, 0.4) is 0 Å². The smallest absolute Gasteiger partial charge is 0.321 e. The number of nitrogens with zero attached hydrogens (tertiary/aromatic N) is 1. The third-order valence-electron chi connectivity index (χ3n) is 3.02. The molecule has 0 bridgehead atoms. The molecule has 1 aromatic carbocycles. The number of carboxylic acids is 1. The lowest BCUT2D eigenvalue weighted by atomic mass is 10.1. The predicted molar refractivity (Wildman–Crippen MR) is 67.7 cm³/mol. The fraction of sp³-hybridized carbons (Fsp3) is 0.333. The molecule has 1 unspecified atom stereocenters. The van der Waals surface area contributed by atoms with Crippen LogP contribution in [0.1, 0.15) is 6.42 Å². The van der Waals surface area contributed by atoms with E-state index >= 15 is 0 Å². The maximum atomic E-state index is 13.6. The first kappa shape index (κ1) is 13.6. The number of carboxylic acid groups (broad SMARTS) is 1. The van der Waals surface area contributed by atoms with E-state index in [4.69, 9.17) is 16.7 Å². The molecule has 2 amide bonds. The number of benzene rings is 1. The molecule has 1 saturated heterocycles. The van der Waals surface area contributed by atoms with Gasteiger partial charge in [0.25, 0.3) is 0 Å². The Bertz CT molecular complexity index is 524. The second kappa shape index (κ2) is 5.44. The molecular formula is C12H12ClFN2O3. The molecule has 0 saturated carbocycles. The zero-order valence-electron chi connectivity index (χ0n) is 9.90. The van der Waals surface area contributed by atoms with Crippen LogP contribution in [-0.4, -0.2) is 35.1 Å². The predicted octanol–water partition coefficient (Wildman–Crippen LogP) is 2.42. The first-order chi connectivity index (χ1) is 8.99. The van der Waals surface area contributed by atoms with Gasteiger partial charge in [-0.15, -0.1) is 0 Å². The number of rotatable bonds is 2. The minimum atomic E-state index is -0.927. The molecule has 0 aromatic heterocycles. The van der Waals surface area contributed by atoms with Crippen molar-refractivity contribution in [3.05, 3.63) is 29.0 Å². The van der Waals surface area contributed by atoms with Crippen LogP contribution in [0, 0.1) is 11.7 Å².